The number of aromatic amines is 1. The Kier molecular flexibility index (Phi) is 6.00. The van der Waals surface area contributed by atoms with E-state index in [0.29, 0.717) is 34.4 Å². The van der Waals surface area contributed by atoms with Gasteiger partial charge in [0.15, 0.2) is 11.0 Å². The van der Waals surface area contributed by atoms with E-state index in [4.69, 9.17) is 10.5 Å². The summed E-state index contributed by atoms with van der Waals surface area (Å²) in [5, 5.41) is 11.0. The quantitative estimate of drug-likeness (QED) is 0.259. The predicted molar refractivity (Wildman–Crippen MR) is 128 cm³/mol. The molecule has 4 aromatic rings. The molecule has 4 N–H and O–H groups in total. The zero-order chi connectivity index (χ0) is 22.7. The van der Waals surface area contributed by atoms with Crippen LogP contribution in [0.2, 0.25) is 0 Å². The first kappa shape index (κ1) is 21.6. The summed E-state index contributed by atoms with van der Waals surface area (Å²) in [5.41, 5.74) is 8.87. The highest BCUT2D eigenvalue weighted by Crippen LogP contribution is 2.32. The molecule has 0 spiro atoms. The summed E-state index contributed by atoms with van der Waals surface area (Å²) in [6.07, 6.45) is 0. The topological polar surface area (TPSA) is 115 Å². The number of nitrogens with two attached hydrogens (primary N) is 1. The third-order valence-corrected chi connectivity index (χ3v) is 5.17. The number of nitrogens with zero attached hydrogens (tertiary/aromatic N) is 4. The lowest BCUT2D eigenvalue weighted by atomic mass is 10.2. The van der Waals surface area contributed by atoms with Crippen LogP contribution in [0.25, 0.3) is 11.4 Å². The average Bonchev–Trinajstić information content (AvgIpc) is 3.15. The number of rotatable bonds is 6. The second-order valence-corrected chi connectivity index (χ2v) is 10.1. The summed E-state index contributed by atoms with van der Waals surface area (Å²) >= 11 is 1.53. The molecule has 0 amide bonds. The number of thioether (sulfide) groups is 1. The van der Waals surface area contributed by atoms with Crippen LogP contribution in [0.4, 0.5) is 17.5 Å². The van der Waals surface area contributed by atoms with Crippen molar-refractivity contribution >= 4 is 29.2 Å². The number of hydrogen-bond acceptors (Lipinski definition) is 8. The summed E-state index contributed by atoms with van der Waals surface area (Å²) in [7, 11) is 0. The SMILES string of the molecule is Cc1cccc(Nc2n[nH]c(-c3cccc(Oc4cc(N)nc(SC(C)(C)C)n4)c3)n2)c1. The molecule has 9 heteroatoms. The molecule has 0 radical (unpaired) electrons. The van der Waals surface area contributed by atoms with E-state index in [1.54, 1.807) is 6.07 Å². The first-order valence-corrected chi connectivity index (χ1v) is 10.9. The van der Waals surface area contributed by atoms with Gasteiger partial charge < -0.3 is 15.8 Å². The summed E-state index contributed by atoms with van der Waals surface area (Å²) < 4.78 is 5.93. The molecule has 0 saturated heterocycles. The number of H-pyrrole nitrogens is 1. The number of nitrogens with one attached hydrogen (secondary N) is 2. The van der Waals surface area contributed by atoms with Gasteiger partial charge in [-0.3, -0.25) is 5.10 Å². The Hall–Kier alpha value is -3.59. The molecule has 2 aromatic carbocycles. The minimum absolute atomic E-state index is 0.0402. The second-order valence-electron chi connectivity index (χ2n) is 8.26. The van der Waals surface area contributed by atoms with Gasteiger partial charge in [0.25, 0.3) is 0 Å². The molecule has 0 saturated carbocycles. The van der Waals surface area contributed by atoms with E-state index < -0.39 is 0 Å². The van der Waals surface area contributed by atoms with Crippen LogP contribution in [0.1, 0.15) is 26.3 Å². The number of anilines is 3. The van der Waals surface area contributed by atoms with Crippen LogP contribution in [0.15, 0.2) is 59.8 Å². The van der Waals surface area contributed by atoms with Gasteiger partial charge in [0.05, 0.1) is 0 Å². The maximum atomic E-state index is 5.97. The first-order chi connectivity index (χ1) is 15.2. The smallest absolute Gasteiger partial charge is 0.246 e. The molecule has 0 atom stereocenters. The fraction of sp³-hybridized carbons (Fsp3) is 0.217. The van der Waals surface area contributed by atoms with Gasteiger partial charge in [0.1, 0.15) is 11.6 Å². The van der Waals surface area contributed by atoms with Gasteiger partial charge in [-0.15, -0.1) is 5.10 Å². The van der Waals surface area contributed by atoms with Crippen LogP contribution >= 0.6 is 11.8 Å². The molecule has 4 rings (SSSR count). The van der Waals surface area contributed by atoms with Crippen molar-refractivity contribution in [2.45, 2.75) is 37.6 Å². The molecule has 2 aromatic heterocycles. The minimum atomic E-state index is -0.0402. The Morgan fingerprint density at radius 2 is 1.81 bits per heavy atom. The van der Waals surface area contributed by atoms with Crippen LogP contribution in [-0.4, -0.2) is 29.9 Å². The highest BCUT2D eigenvalue weighted by Gasteiger charge is 2.16. The Bertz CT molecular complexity index is 1230. The molecule has 8 nitrogen and oxygen atoms in total. The molecule has 0 fully saturated rings. The normalized spacial score (nSPS) is 11.4. The molecular formula is C23H25N7OS. The van der Waals surface area contributed by atoms with E-state index >= 15 is 0 Å². The van der Waals surface area contributed by atoms with Gasteiger partial charge in [0.2, 0.25) is 11.8 Å². The average molecular weight is 448 g/mol. The van der Waals surface area contributed by atoms with Crippen molar-refractivity contribution in [2.24, 2.45) is 0 Å². The predicted octanol–water partition coefficient (Wildman–Crippen LogP) is 5.58. The number of nitrogen functional groups attached to an aromatic ring is 1. The molecule has 0 aliphatic heterocycles. The number of hydrogen-bond donors (Lipinski definition) is 3. The number of benzene rings is 2. The Balaban J connectivity index is 1.52. The standard InChI is InChI=1S/C23H25N7OS/c1-14-7-5-9-16(11-14)25-21-28-20(29-30-21)15-8-6-10-17(12-15)31-19-13-18(24)26-22(27-19)32-23(2,3)4/h5-13H,1-4H3,(H2,24,26,27)(H2,25,28,29,30). The lowest BCUT2D eigenvalue weighted by molar-refractivity contribution is 0.456. The van der Waals surface area contributed by atoms with Crippen molar-refractivity contribution in [2.75, 3.05) is 11.1 Å². The van der Waals surface area contributed by atoms with Gasteiger partial charge in [-0.05, 0) is 36.8 Å². The largest absolute Gasteiger partial charge is 0.439 e. The van der Waals surface area contributed by atoms with Crippen LogP contribution in [0.5, 0.6) is 11.6 Å². The summed E-state index contributed by atoms with van der Waals surface area (Å²) in [6.45, 7) is 8.31. The summed E-state index contributed by atoms with van der Waals surface area (Å²) in [6, 6.07) is 17.2. The molecule has 0 unspecified atom stereocenters. The zero-order valence-electron chi connectivity index (χ0n) is 18.4. The van der Waals surface area contributed by atoms with Crippen LogP contribution in [-0.2, 0) is 0 Å². The van der Waals surface area contributed by atoms with Gasteiger partial charge in [-0.1, -0.05) is 56.8 Å². The van der Waals surface area contributed by atoms with Crippen LogP contribution in [0.3, 0.4) is 0 Å². The van der Waals surface area contributed by atoms with Gasteiger partial charge in [-0.2, -0.15) is 9.97 Å². The fourth-order valence-electron chi connectivity index (χ4n) is 2.92. The Morgan fingerprint density at radius 3 is 2.59 bits per heavy atom. The Labute approximate surface area is 191 Å². The maximum Gasteiger partial charge on any atom is 0.246 e. The van der Waals surface area contributed by atoms with Gasteiger partial charge >= 0.3 is 0 Å². The van der Waals surface area contributed by atoms with Gasteiger partial charge in [-0.25, -0.2) is 4.98 Å². The van der Waals surface area contributed by atoms with E-state index in [1.807, 2.05) is 55.5 Å². The molecule has 2 heterocycles. The number of ether oxygens (including phenoxy) is 1. The minimum Gasteiger partial charge on any atom is -0.439 e. The third kappa shape index (κ3) is 5.76. The van der Waals surface area contributed by atoms with E-state index in [2.05, 4.69) is 51.2 Å². The highest BCUT2D eigenvalue weighted by atomic mass is 32.2. The van der Waals surface area contributed by atoms with Crippen molar-refractivity contribution in [3.8, 4) is 23.0 Å². The van der Waals surface area contributed by atoms with E-state index in [-0.39, 0.29) is 4.75 Å². The highest BCUT2D eigenvalue weighted by molar-refractivity contribution is 8.00. The molecular weight excluding hydrogens is 422 g/mol. The fourth-order valence-corrected chi connectivity index (χ4v) is 3.75. The summed E-state index contributed by atoms with van der Waals surface area (Å²) in [4.78, 5) is 13.3. The second kappa shape index (κ2) is 8.88. The third-order valence-electron chi connectivity index (χ3n) is 4.19. The van der Waals surface area contributed by atoms with Crippen molar-refractivity contribution in [1.82, 2.24) is 25.1 Å². The molecule has 0 aliphatic rings. The van der Waals surface area contributed by atoms with Crippen LogP contribution < -0.4 is 15.8 Å². The molecule has 0 bridgehead atoms. The molecule has 164 valence electrons. The summed E-state index contributed by atoms with van der Waals surface area (Å²) in [5.74, 6) is 2.47. The van der Waals surface area contributed by atoms with E-state index in [0.717, 1.165) is 16.8 Å². The number of aromatic nitrogens is 5. The van der Waals surface area contributed by atoms with Crippen molar-refractivity contribution in [3.05, 3.63) is 60.2 Å². The first-order valence-electron chi connectivity index (χ1n) is 10.1. The maximum absolute atomic E-state index is 5.97. The van der Waals surface area contributed by atoms with Crippen molar-refractivity contribution < 1.29 is 4.74 Å². The van der Waals surface area contributed by atoms with Gasteiger partial charge in [0, 0.05) is 22.1 Å². The van der Waals surface area contributed by atoms with Crippen LogP contribution in [0, 0.1) is 6.92 Å². The number of aryl methyl sites for hydroxylation is 1. The van der Waals surface area contributed by atoms with Crippen molar-refractivity contribution in [1.29, 1.82) is 0 Å². The van der Waals surface area contributed by atoms with Crippen molar-refractivity contribution in [3.63, 3.8) is 0 Å². The Morgan fingerprint density at radius 1 is 1.00 bits per heavy atom. The monoisotopic (exact) mass is 447 g/mol. The molecule has 0 aliphatic carbocycles. The lowest BCUT2D eigenvalue weighted by Crippen LogP contribution is -2.09. The van der Waals surface area contributed by atoms with E-state index in [9.17, 15) is 0 Å². The molecule has 32 heavy (non-hydrogen) atoms. The lowest BCUT2D eigenvalue weighted by Gasteiger charge is -2.16. The van der Waals surface area contributed by atoms with E-state index in [1.165, 1.54) is 11.8 Å². The zero-order valence-corrected chi connectivity index (χ0v) is 19.2.